The predicted octanol–water partition coefficient (Wildman–Crippen LogP) is 5.20. The monoisotopic (exact) mass is 196 g/mol. The first-order valence-electron chi connectivity index (χ1n) is 6.10. The van der Waals surface area contributed by atoms with Gasteiger partial charge < -0.3 is 0 Å². The summed E-state index contributed by atoms with van der Waals surface area (Å²) in [6.45, 7) is 13.8. The third-order valence-electron chi connectivity index (χ3n) is 2.95. The molecule has 0 aromatic rings. The van der Waals surface area contributed by atoms with Crippen molar-refractivity contribution < 1.29 is 0 Å². The molecule has 0 heterocycles. The van der Waals surface area contributed by atoms with Crippen molar-refractivity contribution in [2.45, 2.75) is 67.2 Å². The molecule has 0 saturated carbocycles. The first kappa shape index (κ1) is 13.7. The molecule has 0 bridgehead atoms. The average molecular weight is 196 g/mol. The Bertz CT molecular complexity index is 169. The number of rotatable bonds is 5. The summed E-state index contributed by atoms with van der Waals surface area (Å²) in [5, 5.41) is 0. The lowest BCUT2D eigenvalue weighted by Gasteiger charge is -2.28. The fourth-order valence-corrected chi connectivity index (χ4v) is 2.31. The SMILES string of the molecule is CC=C(C(C)CCCCC)C(C)(C)C. The molecule has 0 saturated heterocycles. The van der Waals surface area contributed by atoms with E-state index in [4.69, 9.17) is 0 Å². The van der Waals surface area contributed by atoms with E-state index in [1.807, 2.05) is 0 Å². The van der Waals surface area contributed by atoms with Crippen molar-refractivity contribution in [2.75, 3.05) is 0 Å². The summed E-state index contributed by atoms with van der Waals surface area (Å²) in [6, 6.07) is 0. The summed E-state index contributed by atoms with van der Waals surface area (Å²) >= 11 is 0. The van der Waals surface area contributed by atoms with Crippen LogP contribution in [-0.4, -0.2) is 0 Å². The van der Waals surface area contributed by atoms with Crippen molar-refractivity contribution in [1.82, 2.24) is 0 Å². The third-order valence-corrected chi connectivity index (χ3v) is 2.95. The Labute approximate surface area is 90.8 Å². The third kappa shape index (κ3) is 4.83. The first-order valence-corrected chi connectivity index (χ1v) is 6.10. The van der Waals surface area contributed by atoms with E-state index in [1.54, 1.807) is 5.57 Å². The molecular formula is C14H28. The Hall–Kier alpha value is -0.260. The van der Waals surface area contributed by atoms with Crippen LogP contribution in [0.2, 0.25) is 0 Å². The molecule has 0 aromatic carbocycles. The van der Waals surface area contributed by atoms with Gasteiger partial charge in [0, 0.05) is 0 Å². The van der Waals surface area contributed by atoms with Crippen LogP contribution in [0, 0.1) is 11.3 Å². The molecule has 0 aliphatic rings. The molecule has 0 fully saturated rings. The van der Waals surface area contributed by atoms with Crippen LogP contribution in [0.25, 0.3) is 0 Å². The van der Waals surface area contributed by atoms with Crippen molar-refractivity contribution in [1.29, 1.82) is 0 Å². The van der Waals surface area contributed by atoms with E-state index in [1.165, 1.54) is 25.7 Å². The summed E-state index contributed by atoms with van der Waals surface area (Å²) < 4.78 is 0. The second-order valence-electron chi connectivity index (χ2n) is 5.39. The molecule has 0 rings (SSSR count). The molecule has 0 amide bonds. The molecule has 0 aromatic heterocycles. The van der Waals surface area contributed by atoms with Crippen LogP contribution in [0.15, 0.2) is 11.6 Å². The number of unbranched alkanes of at least 4 members (excludes halogenated alkanes) is 2. The molecule has 84 valence electrons. The van der Waals surface area contributed by atoms with E-state index in [2.05, 4.69) is 47.6 Å². The normalized spacial score (nSPS) is 15.7. The largest absolute Gasteiger partial charge is 0.0877 e. The Morgan fingerprint density at radius 3 is 2.14 bits per heavy atom. The van der Waals surface area contributed by atoms with Gasteiger partial charge in [0.2, 0.25) is 0 Å². The van der Waals surface area contributed by atoms with Gasteiger partial charge in [-0.1, -0.05) is 65.5 Å². The van der Waals surface area contributed by atoms with Gasteiger partial charge in [0.15, 0.2) is 0 Å². The van der Waals surface area contributed by atoms with E-state index in [-0.39, 0.29) is 0 Å². The highest BCUT2D eigenvalue weighted by Crippen LogP contribution is 2.33. The zero-order valence-electron chi connectivity index (χ0n) is 11.0. The highest BCUT2D eigenvalue weighted by atomic mass is 14.3. The maximum atomic E-state index is 2.37. The molecule has 0 radical (unpaired) electrons. The smallest absolute Gasteiger partial charge is 0.0170 e. The molecule has 1 atom stereocenters. The Kier molecular flexibility index (Phi) is 6.15. The second-order valence-corrected chi connectivity index (χ2v) is 5.39. The zero-order valence-corrected chi connectivity index (χ0v) is 11.0. The lowest BCUT2D eigenvalue weighted by molar-refractivity contribution is 0.412. The minimum atomic E-state index is 0.348. The Morgan fingerprint density at radius 1 is 1.21 bits per heavy atom. The van der Waals surface area contributed by atoms with Gasteiger partial charge >= 0.3 is 0 Å². The molecule has 14 heavy (non-hydrogen) atoms. The van der Waals surface area contributed by atoms with Gasteiger partial charge in [-0.15, -0.1) is 0 Å². The maximum Gasteiger partial charge on any atom is -0.0170 e. The van der Waals surface area contributed by atoms with Crippen LogP contribution in [0.3, 0.4) is 0 Å². The van der Waals surface area contributed by atoms with Gasteiger partial charge in [0.05, 0.1) is 0 Å². The standard InChI is InChI=1S/C14H28/c1-7-9-10-11-12(3)13(8-2)14(4,5)6/h8,12H,7,9-11H2,1-6H3. The molecule has 0 spiro atoms. The van der Waals surface area contributed by atoms with Crippen LogP contribution in [0.4, 0.5) is 0 Å². The van der Waals surface area contributed by atoms with Gasteiger partial charge in [-0.25, -0.2) is 0 Å². The van der Waals surface area contributed by atoms with Crippen molar-refractivity contribution in [2.24, 2.45) is 11.3 Å². The topological polar surface area (TPSA) is 0 Å². The van der Waals surface area contributed by atoms with Crippen molar-refractivity contribution in [3.05, 3.63) is 11.6 Å². The average Bonchev–Trinajstić information content (AvgIpc) is 2.03. The van der Waals surface area contributed by atoms with E-state index < -0.39 is 0 Å². The van der Waals surface area contributed by atoms with Gasteiger partial charge in [-0.2, -0.15) is 0 Å². The molecule has 0 aliphatic heterocycles. The summed E-state index contributed by atoms with van der Waals surface area (Å²) in [5.41, 5.74) is 1.97. The lowest BCUT2D eigenvalue weighted by Crippen LogP contribution is -2.16. The van der Waals surface area contributed by atoms with Crippen LogP contribution < -0.4 is 0 Å². The minimum absolute atomic E-state index is 0.348. The van der Waals surface area contributed by atoms with Gasteiger partial charge in [-0.3, -0.25) is 0 Å². The Balaban J connectivity index is 4.14. The van der Waals surface area contributed by atoms with Gasteiger partial charge in [0.25, 0.3) is 0 Å². The molecule has 0 heteroatoms. The second kappa shape index (κ2) is 6.27. The Morgan fingerprint density at radius 2 is 1.79 bits per heavy atom. The van der Waals surface area contributed by atoms with Crippen molar-refractivity contribution >= 4 is 0 Å². The van der Waals surface area contributed by atoms with Crippen LogP contribution in [0.5, 0.6) is 0 Å². The fraction of sp³-hybridized carbons (Fsp3) is 0.857. The van der Waals surface area contributed by atoms with Crippen molar-refractivity contribution in [3.8, 4) is 0 Å². The van der Waals surface area contributed by atoms with Gasteiger partial charge in [0.1, 0.15) is 0 Å². The fourth-order valence-electron chi connectivity index (χ4n) is 2.31. The minimum Gasteiger partial charge on any atom is -0.0877 e. The van der Waals surface area contributed by atoms with E-state index >= 15 is 0 Å². The van der Waals surface area contributed by atoms with E-state index in [9.17, 15) is 0 Å². The highest BCUT2D eigenvalue weighted by Gasteiger charge is 2.20. The van der Waals surface area contributed by atoms with Crippen LogP contribution in [-0.2, 0) is 0 Å². The van der Waals surface area contributed by atoms with Crippen LogP contribution >= 0.6 is 0 Å². The summed E-state index contributed by atoms with van der Waals surface area (Å²) in [7, 11) is 0. The van der Waals surface area contributed by atoms with Crippen molar-refractivity contribution in [3.63, 3.8) is 0 Å². The summed E-state index contributed by atoms with van der Waals surface area (Å²) in [5.74, 6) is 0.756. The number of hydrogen-bond acceptors (Lipinski definition) is 0. The zero-order chi connectivity index (χ0) is 11.2. The number of hydrogen-bond donors (Lipinski definition) is 0. The lowest BCUT2D eigenvalue weighted by atomic mass is 9.77. The van der Waals surface area contributed by atoms with E-state index in [0.29, 0.717) is 5.41 Å². The predicted molar refractivity (Wildman–Crippen MR) is 66.5 cm³/mol. The maximum absolute atomic E-state index is 2.37. The van der Waals surface area contributed by atoms with E-state index in [0.717, 1.165) is 5.92 Å². The first-order chi connectivity index (χ1) is 6.43. The number of allylic oxidation sites excluding steroid dienone is 2. The van der Waals surface area contributed by atoms with Gasteiger partial charge in [-0.05, 0) is 24.7 Å². The molecule has 0 nitrogen and oxygen atoms in total. The molecular weight excluding hydrogens is 168 g/mol. The summed E-state index contributed by atoms with van der Waals surface area (Å²) in [4.78, 5) is 0. The highest BCUT2D eigenvalue weighted by molar-refractivity contribution is 5.12. The quantitative estimate of drug-likeness (QED) is 0.419. The van der Waals surface area contributed by atoms with Crippen LogP contribution in [0.1, 0.15) is 67.2 Å². The molecule has 1 unspecified atom stereocenters. The molecule has 0 N–H and O–H groups in total. The summed E-state index contributed by atoms with van der Waals surface area (Å²) in [6.07, 6.45) is 7.76. The molecule has 0 aliphatic carbocycles.